The number of carbonyl (C=O) groups is 2. The minimum atomic E-state index is 0.000987. The molecule has 0 spiro atoms. The summed E-state index contributed by atoms with van der Waals surface area (Å²) in [5, 5.41) is 21.5. The maximum atomic E-state index is 12.7. The number of aryl methyl sites for hydroxylation is 5. The molecule has 0 unspecified atom stereocenters. The number of aliphatic imine (C=N–C) groups is 2. The van der Waals surface area contributed by atoms with Crippen LogP contribution in [0.1, 0.15) is 101 Å². The lowest BCUT2D eigenvalue weighted by molar-refractivity contribution is -0.130. The molecule has 2 amide bonds. The van der Waals surface area contributed by atoms with Gasteiger partial charge in [0.2, 0.25) is 11.8 Å². The van der Waals surface area contributed by atoms with E-state index in [4.69, 9.17) is 20.1 Å². The van der Waals surface area contributed by atoms with Gasteiger partial charge in [0.25, 0.3) is 0 Å². The first kappa shape index (κ1) is 36.6. The Labute approximate surface area is 339 Å². The van der Waals surface area contributed by atoms with Gasteiger partial charge in [-0.05, 0) is 32.6 Å². The van der Waals surface area contributed by atoms with Crippen LogP contribution < -0.4 is 5.32 Å². The second kappa shape index (κ2) is 14.6. The van der Waals surface area contributed by atoms with Crippen molar-refractivity contribution in [3.05, 3.63) is 93.9 Å². The van der Waals surface area contributed by atoms with Gasteiger partial charge in [-0.15, -0.1) is 0 Å². The zero-order chi connectivity index (χ0) is 40.4. The van der Waals surface area contributed by atoms with Gasteiger partial charge < -0.3 is 10.2 Å². The van der Waals surface area contributed by atoms with E-state index in [1.54, 1.807) is 26.7 Å². The van der Waals surface area contributed by atoms with E-state index < -0.39 is 0 Å². The van der Waals surface area contributed by atoms with Gasteiger partial charge >= 0.3 is 0 Å². The highest BCUT2D eigenvalue weighted by atomic mass is 16.2. The van der Waals surface area contributed by atoms with Gasteiger partial charge in [-0.1, -0.05) is 0 Å². The molecule has 0 saturated heterocycles. The molecule has 11 rings (SSSR count). The van der Waals surface area contributed by atoms with Crippen molar-refractivity contribution < 1.29 is 9.59 Å². The third-order valence-corrected chi connectivity index (χ3v) is 11.3. The molecule has 10 heterocycles. The van der Waals surface area contributed by atoms with Crippen molar-refractivity contribution in [2.24, 2.45) is 24.1 Å². The first-order chi connectivity index (χ1) is 28.6. The van der Waals surface area contributed by atoms with Crippen LogP contribution in [-0.4, -0.2) is 94.2 Å². The number of fused-ring (bicyclic) bond motifs is 12. The molecule has 18 heteroatoms. The van der Waals surface area contributed by atoms with Gasteiger partial charge in [-0.3, -0.25) is 48.3 Å². The van der Waals surface area contributed by atoms with E-state index in [-0.39, 0.29) is 11.8 Å². The highest BCUT2D eigenvalue weighted by molar-refractivity contribution is 6.15. The molecule has 8 bridgehead atoms. The van der Waals surface area contributed by atoms with Crippen molar-refractivity contribution in [2.75, 3.05) is 7.05 Å². The second-order valence-corrected chi connectivity index (χ2v) is 15.8. The van der Waals surface area contributed by atoms with E-state index in [2.05, 4.69) is 41.8 Å². The van der Waals surface area contributed by atoms with Crippen LogP contribution >= 0.6 is 0 Å². The highest BCUT2D eigenvalue weighted by Crippen LogP contribution is 2.42. The van der Waals surface area contributed by atoms with E-state index in [1.807, 2.05) is 56.0 Å². The van der Waals surface area contributed by atoms with Gasteiger partial charge in [-0.2, -0.15) is 20.4 Å². The molecular weight excluding hydrogens is 749 g/mol. The van der Waals surface area contributed by atoms with E-state index in [0.717, 1.165) is 110 Å². The predicted octanol–water partition coefficient (Wildman–Crippen LogP) is 3.20. The van der Waals surface area contributed by atoms with Crippen LogP contribution in [0.4, 0.5) is 0 Å². The molecule has 0 atom stereocenters. The van der Waals surface area contributed by atoms with Gasteiger partial charge in [0.1, 0.15) is 11.4 Å². The number of hydrogen-bond donors (Lipinski definition) is 1. The Kier molecular flexibility index (Phi) is 9.05. The first-order valence-corrected chi connectivity index (χ1v) is 20.1. The summed E-state index contributed by atoms with van der Waals surface area (Å²) < 4.78 is 7.36. The van der Waals surface area contributed by atoms with Gasteiger partial charge in [0.05, 0.1) is 95.5 Å². The Bertz CT molecular complexity index is 2730. The molecule has 0 aromatic carbocycles. The van der Waals surface area contributed by atoms with Crippen molar-refractivity contribution in [3.8, 4) is 22.5 Å². The van der Waals surface area contributed by atoms with E-state index >= 15 is 0 Å². The van der Waals surface area contributed by atoms with Crippen molar-refractivity contribution in [1.29, 1.82) is 0 Å². The van der Waals surface area contributed by atoms with Gasteiger partial charge in [0.15, 0.2) is 0 Å². The fourth-order valence-electron chi connectivity index (χ4n) is 8.15. The lowest BCUT2D eigenvalue weighted by Gasteiger charge is -2.17. The summed E-state index contributed by atoms with van der Waals surface area (Å²) in [4.78, 5) is 55.3. The summed E-state index contributed by atoms with van der Waals surface area (Å²) in [6, 6.07) is 0. The summed E-state index contributed by atoms with van der Waals surface area (Å²) in [5.74, 6) is 0.601. The average Bonchev–Trinajstić information content (AvgIpc) is 3.73. The summed E-state index contributed by atoms with van der Waals surface area (Å²) in [7, 11) is 5.57. The number of carbonyl (C=O) groups excluding carboxylic acids is 2. The second-order valence-electron chi connectivity index (χ2n) is 15.8. The standard InChI is InChI=1S/C22H24N8O.C19H20N8O/c1-28-12-18-14(10-29(2)26-18)16-8-23-17-9-24-21(22(17)25-16)15-11-30(7-3-4-19(28)31)27-20(15)13-5-6-13;1-11-12-10-27(24-11)5-3-4-17(28)21-7-15-13(9-26(2)25-15)14-6-20-16-8-22-18(12)19(16)23-14/h8,10-11,13H,3-7,9,12H2,1-2H3;6,9-10H,3-5,7-8H2,1-2H3,(H,21,28). The lowest BCUT2D eigenvalue weighted by Crippen LogP contribution is -2.26. The molecule has 59 heavy (non-hydrogen) atoms. The molecule has 4 aliphatic heterocycles. The van der Waals surface area contributed by atoms with Crippen LogP contribution in [0, 0.1) is 6.92 Å². The highest BCUT2D eigenvalue weighted by Gasteiger charge is 2.34. The smallest absolute Gasteiger partial charge is 0.222 e. The Balaban J connectivity index is 0.000000143. The number of nitrogens with zero attached hydrogens (tertiary/aromatic N) is 15. The van der Waals surface area contributed by atoms with E-state index in [9.17, 15) is 9.59 Å². The molecule has 300 valence electrons. The normalized spacial score (nSPS) is 17.3. The minimum Gasteiger partial charge on any atom is -0.350 e. The van der Waals surface area contributed by atoms with Crippen LogP contribution in [0.15, 0.2) is 47.2 Å². The molecular formula is C41H44N16O2. The Hall–Kier alpha value is -6.72. The van der Waals surface area contributed by atoms with E-state index in [0.29, 0.717) is 64.4 Å². The van der Waals surface area contributed by atoms with Crippen molar-refractivity contribution >= 4 is 23.2 Å². The molecule has 18 nitrogen and oxygen atoms in total. The van der Waals surface area contributed by atoms with Crippen LogP contribution in [0.2, 0.25) is 0 Å². The summed E-state index contributed by atoms with van der Waals surface area (Å²) in [6.45, 7) is 5.22. The first-order valence-electron chi connectivity index (χ1n) is 20.1. The Morgan fingerprint density at radius 2 is 1.25 bits per heavy atom. The fourth-order valence-corrected chi connectivity index (χ4v) is 8.15. The van der Waals surface area contributed by atoms with E-state index in [1.165, 1.54) is 0 Å². The predicted molar refractivity (Wildman–Crippen MR) is 215 cm³/mol. The van der Waals surface area contributed by atoms with Gasteiger partial charge in [-0.25, -0.2) is 9.97 Å². The molecule has 1 aliphatic carbocycles. The monoisotopic (exact) mass is 792 g/mol. The molecule has 6 aromatic rings. The average molecular weight is 793 g/mol. The van der Waals surface area contributed by atoms with Gasteiger partial charge in [0, 0.05) is 100 Å². The summed E-state index contributed by atoms with van der Waals surface area (Å²) in [5.41, 5.74) is 14.0. The minimum absolute atomic E-state index is 0.000987. The lowest BCUT2D eigenvalue weighted by atomic mass is 10.0. The Morgan fingerprint density at radius 3 is 1.93 bits per heavy atom. The molecule has 5 aliphatic rings. The topological polar surface area (TPSA) is 197 Å². The number of aromatic nitrogens is 12. The molecule has 1 saturated carbocycles. The quantitative estimate of drug-likeness (QED) is 0.258. The zero-order valence-electron chi connectivity index (χ0n) is 33.6. The fraction of sp³-hybridized carbons (Fsp3) is 0.415. The molecule has 0 radical (unpaired) electrons. The van der Waals surface area contributed by atoms with Crippen LogP contribution in [0.3, 0.4) is 0 Å². The third-order valence-electron chi connectivity index (χ3n) is 11.3. The largest absolute Gasteiger partial charge is 0.350 e. The van der Waals surface area contributed by atoms with Crippen LogP contribution in [0.25, 0.3) is 22.5 Å². The SMILES string of the molecule is CN1Cc2nn(C)cc2-c2cnc3c(n2)C(=NC3)c2cn(nc2C2CC2)CCCC1=O.Cc1nn2cc1C1=NCc3ncc(nc31)-c1cn(C)nc1CNC(=O)CCC2. The van der Waals surface area contributed by atoms with Crippen molar-refractivity contribution in [3.63, 3.8) is 0 Å². The summed E-state index contributed by atoms with van der Waals surface area (Å²) in [6.07, 6.45) is 16.2. The maximum Gasteiger partial charge on any atom is 0.222 e. The van der Waals surface area contributed by atoms with Crippen LogP contribution in [-0.2, 0) is 63.0 Å². The number of amides is 2. The number of rotatable bonds is 1. The zero-order valence-corrected chi connectivity index (χ0v) is 33.6. The summed E-state index contributed by atoms with van der Waals surface area (Å²) >= 11 is 0. The molecule has 1 fully saturated rings. The van der Waals surface area contributed by atoms with Crippen LogP contribution in [0.5, 0.6) is 0 Å². The number of hydrogen-bond acceptors (Lipinski definition) is 12. The van der Waals surface area contributed by atoms with Crippen molar-refractivity contribution in [1.82, 2.24) is 69.3 Å². The molecule has 1 N–H and O–H groups in total. The van der Waals surface area contributed by atoms with Crippen molar-refractivity contribution in [2.45, 2.75) is 90.6 Å². The maximum absolute atomic E-state index is 12.7. The molecule has 6 aromatic heterocycles. The Morgan fingerprint density at radius 1 is 0.661 bits per heavy atom. The number of nitrogens with one attached hydrogen (secondary N) is 1. The third kappa shape index (κ3) is 7.01.